The van der Waals surface area contributed by atoms with Crippen LogP contribution in [0.15, 0.2) is 24.3 Å². The van der Waals surface area contributed by atoms with Gasteiger partial charge in [0.2, 0.25) is 0 Å². The lowest BCUT2D eigenvalue weighted by Crippen LogP contribution is -2.08. The van der Waals surface area contributed by atoms with Gasteiger partial charge >= 0.3 is 6.18 Å². The number of benzene rings is 1. The SMILES string of the molecule is CC(C)c1c(CO)nnn1-c1ccc(C(F)(F)F)cc1. The van der Waals surface area contributed by atoms with Crippen molar-refractivity contribution in [2.45, 2.75) is 32.5 Å². The molecular weight excluding hydrogens is 271 g/mol. The molecule has 0 aliphatic heterocycles. The lowest BCUT2D eigenvalue weighted by Gasteiger charge is -2.11. The number of halogens is 3. The summed E-state index contributed by atoms with van der Waals surface area (Å²) in [6.07, 6.45) is -4.36. The molecule has 0 aliphatic rings. The van der Waals surface area contributed by atoms with Crippen LogP contribution in [0.4, 0.5) is 13.2 Å². The largest absolute Gasteiger partial charge is 0.416 e. The minimum atomic E-state index is -4.36. The van der Waals surface area contributed by atoms with E-state index in [0.29, 0.717) is 17.1 Å². The molecule has 2 rings (SSSR count). The third-order valence-electron chi connectivity index (χ3n) is 2.91. The van der Waals surface area contributed by atoms with E-state index in [1.165, 1.54) is 16.8 Å². The molecule has 7 heteroatoms. The van der Waals surface area contributed by atoms with Gasteiger partial charge in [-0.1, -0.05) is 19.1 Å². The number of aliphatic hydroxyl groups excluding tert-OH is 1. The van der Waals surface area contributed by atoms with Crippen LogP contribution in [0.1, 0.15) is 36.7 Å². The van der Waals surface area contributed by atoms with Crippen molar-refractivity contribution in [2.75, 3.05) is 0 Å². The molecule has 0 saturated heterocycles. The first kappa shape index (κ1) is 14.5. The van der Waals surface area contributed by atoms with Crippen LogP contribution in [-0.4, -0.2) is 20.1 Å². The standard InChI is InChI=1S/C13H14F3N3O/c1-8(2)12-11(7-20)17-18-19(12)10-5-3-9(4-6-10)13(14,15)16/h3-6,8,20H,7H2,1-2H3. The average Bonchev–Trinajstić information content (AvgIpc) is 2.81. The zero-order valence-corrected chi connectivity index (χ0v) is 11.0. The van der Waals surface area contributed by atoms with Crippen molar-refractivity contribution < 1.29 is 18.3 Å². The third kappa shape index (κ3) is 2.67. The van der Waals surface area contributed by atoms with E-state index in [-0.39, 0.29) is 12.5 Å². The van der Waals surface area contributed by atoms with Crippen molar-refractivity contribution in [3.8, 4) is 5.69 Å². The average molecular weight is 285 g/mol. The second kappa shape index (κ2) is 5.24. The lowest BCUT2D eigenvalue weighted by molar-refractivity contribution is -0.137. The topological polar surface area (TPSA) is 50.9 Å². The van der Waals surface area contributed by atoms with E-state index >= 15 is 0 Å². The van der Waals surface area contributed by atoms with Crippen LogP contribution in [0.3, 0.4) is 0 Å². The summed E-state index contributed by atoms with van der Waals surface area (Å²) < 4.78 is 39.0. The molecule has 4 nitrogen and oxygen atoms in total. The molecule has 20 heavy (non-hydrogen) atoms. The van der Waals surface area contributed by atoms with Gasteiger partial charge in [-0.15, -0.1) is 5.10 Å². The number of rotatable bonds is 3. The Morgan fingerprint density at radius 1 is 1.20 bits per heavy atom. The van der Waals surface area contributed by atoms with Crippen molar-refractivity contribution in [2.24, 2.45) is 0 Å². The molecule has 0 unspecified atom stereocenters. The van der Waals surface area contributed by atoms with Gasteiger partial charge in [-0.3, -0.25) is 0 Å². The highest BCUT2D eigenvalue weighted by Gasteiger charge is 2.30. The van der Waals surface area contributed by atoms with Gasteiger partial charge in [-0.05, 0) is 30.2 Å². The summed E-state index contributed by atoms with van der Waals surface area (Å²) in [7, 11) is 0. The summed E-state index contributed by atoms with van der Waals surface area (Å²) in [4.78, 5) is 0. The van der Waals surface area contributed by atoms with Gasteiger partial charge in [0.15, 0.2) is 0 Å². The van der Waals surface area contributed by atoms with E-state index in [9.17, 15) is 18.3 Å². The summed E-state index contributed by atoms with van der Waals surface area (Å²) in [5.41, 5.74) is 0.885. The molecule has 0 radical (unpaired) electrons. The van der Waals surface area contributed by atoms with Crippen LogP contribution >= 0.6 is 0 Å². The van der Waals surface area contributed by atoms with Gasteiger partial charge in [0.1, 0.15) is 5.69 Å². The van der Waals surface area contributed by atoms with E-state index in [0.717, 1.165) is 12.1 Å². The van der Waals surface area contributed by atoms with Gasteiger partial charge in [0, 0.05) is 0 Å². The smallest absolute Gasteiger partial charge is 0.390 e. The second-order valence-corrected chi connectivity index (χ2v) is 4.69. The highest BCUT2D eigenvalue weighted by atomic mass is 19.4. The zero-order chi connectivity index (χ0) is 14.9. The van der Waals surface area contributed by atoms with Gasteiger partial charge in [0.25, 0.3) is 0 Å². The van der Waals surface area contributed by atoms with E-state index in [1.807, 2.05) is 13.8 Å². The van der Waals surface area contributed by atoms with Crippen LogP contribution in [0.2, 0.25) is 0 Å². The van der Waals surface area contributed by atoms with Crippen LogP contribution in [0.25, 0.3) is 5.69 Å². The number of hydrogen-bond donors (Lipinski definition) is 1. The first-order chi connectivity index (χ1) is 9.34. The minimum Gasteiger partial charge on any atom is -0.390 e. The van der Waals surface area contributed by atoms with Crippen LogP contribution in [-0.2, 0) is 12.8 Å². The molecular formula is C13H14F3N3O. The maximum atomic E-state index is 12.5. The molecule has 0 bridgehead atoms. The molecule has 0 saturated carbocycles. The normalized spacial score (nSPS) is 12.2. The fourth-order valence-electron chi connectivity index (χ4n) is 1.99. The van der Waals surface area contributed by atoms with Crippen molar-refractivity contribution in [3.05, 3.63) is 41.2 Å². The number of alkyl halides is 3. The van der Waals surface area contributed by atoms with Crippen molar-refractivity contribution >= 4 is 0 Å². The van der Waals surface area contributed by atoms with Gasteiger partial charge < -0.3 is 5.11 Å². The van der Waals surface area contributed by atoms with Crippen molar-refractivity contribution in [1.29, 1.82) is 0 Å². The quantitative estimate of drug-likeness (QED) is 0.943. The summed E-state index contributed by atoms with van der Waals surface area (Å²) in [5.74, 6) is 0.0365. The summed E-state index contributed by atoms with van der Waals surface area (Å²) in [5, 5.41) is 17.0. The highest BCUT2D eigenvalue weighted by molar-refractivity contribution is 5.37. The van der Waals surface area contributed by atoms with Gasteiger partial charge in [0.05, 0.1) is 23.6 Å². The molecule has 2 aromatic rings. The number of aromatic nitrogens is 3. The molecule has 1 aromatic carbocycles. The maximum absolute atomic E-state index is 12.5. The third-order valence-corrected chi connectivity index (χ3v) is 2.91. The van der Waals surface area contributed by atoms with Crippen LogP contribution < -0.4 is 0 Å². The van der Waals surface area contributed by atoms with E-state index in [2.05, 4.69) is 10.3 Å². The Balaban J connectivity index is 2.45. The van der Waals surface area contributed by atoms with E-state index in [4.69, 9.17) is 0 Å². The Morgan fingerprint density at radius 2 is 1.80 bits per heavy atom. The Kier molecular flexibility index (Phi) is 3.80. The number of nitrogens with zero attached hydrogens (tertiary/aromatic N) is 3. The van der Waals surface area contributed by atoms with Crippen molar-refractivity contribution in [1.82, 2.24) is 15.0 Å². The van der Waals surface area contributed by atoms with Crippen LogP contribution in [0.5, 0.6) is 0 Å². The first-order valence-electron chi connectivity index (χ1n) is 6.07. The van der Waals surface area contributed by atoms with E-state index < -0.39 is 11.7 Å². The first-order valence-corrected chi connectivity index (χ1v) is 6.07. The summed E-state index contributed by atoms with van der Waals surface area (Å²) >= 11 is 0. The molecule has 1 heterocycles. The Bertz CT molecular complexity index is 588. The predicted octanol–water partition coefficient (Wildman–Crippen LogP) is 2.90. The summed E-state index contributed by atoms with van der Waals surface area (Å²) in [6, 6.07) is 4.68. The zero-order valence-electron chi connectivity index (χ0n) is 11.0. The summed E-state index contributed by atoms with van der Waals surface area (Å²) in [6.45, 7) is 3.55. The fraction of sp³-hybridized carbons (Fsp3) is 0.385. The van der Waals surface area contributed by atoms with Gasteiger partial charge in [-0.25, -0.2) is 4.68 Å². The van der Waals surface area contributed by atoms with E-state index in [1.54, 1.807) is 0 Å². The van der Waals surface area contributed by atoms with Crippen molar-refractivity contribution in [3.63, 3.8) is 0 Å². The predicted molar refractivity (Wildman–Crippen MR) is 66.4 cm³/mol. The monoisotopic (exact) mass is 285 g/mol. The fourth-order valence-corrected chi connectivity index (χ4v) is 1.99. The maximum Gasteiger partial charge on any atom is 0.416 e. The molecule has 0 atom stereocenters. The molecule has 1 aromatic heterocycles. The minimum absolute atomic E-state index is 0.0365. The molecule has 1 N–H and O–H groups in total. The highest BCUT2D eigenvalue weighted by Crippen LogP contribution is 2.30. The Morgan fingerprint density at radius 3 is 2.25 bits per heavy atom. The Hall–Kier alpha value is -1.89. The molecule has 0 aliphatic carbocycles. The van der Waals surface area contributed by atoms with Crippen LogP contribution in [0, 0.1) is 0 Å². The number of hydrogen-bond acceptors (Lipinski definition) is 3. The molecule has 0 amide bonds. The lowest BCUT2D eigenvalue weighted by atomic mass is 10.1. The molecule has 0 fully saturated rings. The molecule has 108 valence electrons. The van der Waals surface area contributed by atoms with Gasteiger partial charge in [-0.2, -0.15) is 13.2 Å². The number of aliphatic hydroxyl groups is 1. The second-order valence-electron chi connectivity index (χ2n) is 4.69. The molecule has 0 spiro atoms. The Labute approximate surface area is 113 Å².